The first-order valence-corrected chi connectivity index (χ1v) is 8.41. The van der Waals surface area contributed by atoms with E-state index < -0.39 is 0 Å². The molecule has 1 unspecified atom stereocenters. The molecule has 2 aromatic rings. The van der Waals surface area contributed by atoms with Gasteiger partial charge in [0, 0.05) is 11.1 Å². The second-order valence-corrected chi connectivity index (χ2v) is 5.79. The molecule has 0 spiro atoms. The van der Waals surface area contributed by atoms with Gasteiger partial charge in [-0.3, -0.25) is 0 Å². The van der Waals surface area contributed by atoms with Gasteiger partial charge in [0.1, 0.15) is 0 Å². The second kappa shape index (κ2) is 8.74. The minimum atomic E-state index is -0.369. The molecule has 120 valence electrons. The average Bonchev–Trinajstić information content (AvgIpc) is 2.67. The minimum Gasteiger partial charge on any atom is -0.374 e. The lowest BCUT2D eigenvalue weighted by Crippen LogP contribution is -1.99. The summed E-state index contributed by atoms with van der Waals surface area (Å²) in [6.45, 7) is 0. The van der Waals surface area contributed by atoms with Crippen molar-refractivity contribution in [1.82, 2.24) is 0 Å². The van der Waals surface area contributed by atoms with Gasteiger partial charge >= 0.3 is 0 Å². The first-order chi connectivity index (χ1) is 11.9. The van der Waals surface area contributed by atoms with E-state index in [4.69, 9.17) is 4.84 Å². The predicted molar refractivity (Wildman–Crippen MR) is 98.6 cm³/mol. The lowest BCUT2D eigenvalue weighted by atomic mass is 10.0. The summed E-state index contributed by atoms with van der Waals surface area (Å²) in [7, 11) is 0. The molecular weight excluding hydrogens is 294 g/mol. The zero-order valence-corrected chi connectivity index (χ0v) is 13.7. The third-order valence-electron chi connectivity index (χ3n) is 3.93. The fourth-order valence-electron chi connectivity index (χ4n) is 2.61. The molecule has 0 bridgehead atoms. The average molecular weight is 315 g/mol. The maximum Gasteiger partial charge on any atom is 0.213 e. The Labute approximate surface area is 143 Å². The van der Waals surface area contributed by atoms with Gasteiger partial charge in [-0.15, -0.1) is 0 Å². The molecule has 0 N–H and O–H groups in total. The molecule has 1 atom stereocenters. The molecule has 3 rings (SSSR count). The smallest absolute Gasteiger partial charge is 0.213 e. The molecular formula is C22H21NO. The molecule has 2 nitrogen and oxygen atoms in total. The van der Waals surface area contributed by atoms with Crippen molar-refractivity contribution in [1.29, 1.82) is 0 Å². The summed E-state index contributed by atoms with van der Waals surface area (Å²) >= 11 is 0. The SMILES string of the molecule is C(#CC(O/N=C/C1=CCCCC1)c1ccccc1)c1ccccc1. The van der Waals surface area contributed by atoms with Crippen LogP contribution in [0.2, 0.25) is 0 Å². The summed E-state index contributed by atoms with van der Waals surface area (Å²) < 4.78 is 0. The van der Waals surface area contributed by atoms with Crippen molar-refractivity contribution in [2.75, 3.05) is 0 Å². The molecule has 2 aromatic carbocycles. The van der Waals surface area contributed by atoms with Crippen LogP contribution in [0.4, 0.5) is 0 Å². The summed E-state index contributed by atoms with van der Waals surface area (Å²) in [5.41, 5.74) is 3.24. The van der Waals surface area contributed by atoms with Crippen molar-refractivity contribution in [3.8, 4) is 11.8 Å². The third-order valence-corrected chi connectivity index (χ3v) is 3.93. The number of oxime groups is 1. The van der Waals surface area contributed by atoms with Crippen molar-refractivity contribution >= 4 is 6.21 Å². The van der Waals surface area contributed by atoms with Crippen LogP contribution >= 0.6 is 0 Å². The zero-order chi connectivity index (χ0) is 16.5. The predicted octanol–water partition coefficient (Wildman–Crippen LogP) is 5.28. The first-order valence-electron chi connectivity index (χ1n) is 8.41. The number of allylic oxidation sites excluding steroid dienone is 2. The van der Waals surface area contributed by atoms with Gasteiger partial charge in [-0.25, -0.2) is 0 Å². The molecule has 0 saturated carbocycles. The molecule has 24 heavy (non-hydrogen) atoms. The van der Waals surface area contributed by atoms with Gasteiger partial charge in [0.15, 0.2) is 0 Å². The molecule has 0 aliphatic heterocycles. The first kappa shape index (κ1) is 16.1. The van der Waals surface area contributed by atoms with E-state index in [1.54, 1.807) is 0 Å². The van der Waals surface area contributed by atoms with Crippen molar-refractivity contribution in [3.63, 3.8) is 0 Å². The molecule has 2 heteroatoms. The topological polar surface area (TPSA) is 21.6 Å². The van der Waals surface area contributed by atoms with E-state index in [2.05, 4.69) is 23.1 Å². The van der Waals surface area contributed by atoms with Crippen LogP contribution in [0, 0.1) is 11.8 Å². The van der Waals surface area contributed by atoms with Crippen molar-refractivity contribution < 1.29 is 4.84 Å². The fourth-order valence-corrected chi connectivity index (χ4v) is 2.61. The van der Waals surface area contributed by atoms with Crippen LogP contribution in [0.1, 0.15) is 42.9 Å². The Kier molecular flexibility index (Phi) is 5.86. The quantitative estimate of drug-likeness (QED) is 0.427. The molecule has 0 fully saturated rings. The number of hydrogen-bond donors (Lipinski definition) is 0. The van der Waals surface area contributed by atoms with Gasteiger partial charge < -0.3 is 4.84 Å². The third kappa shape index (κ3) is 4.86. The normalized spacial score (nSPS) is 15.2. The monoisotopic (exact) mass is 315 g/mol. The van der Waals surface area contributed by atoms with E-state index >= 15 is 0 Å². The summed E-state index contributed by atoms with van der Waals surface area (Å²) in [5.74, 6) is 6.35. The Hall–Kier alpha value is -2.79. The largest absolute Gasteiger partial charge is 0.374 e. The number of rotatable bonds is 4. The summed E-state index contributed by atoms with van der Waals surface area (Å²) in [6, 6.07) is 19.9. The highest BCUT2D eigenvalue weighted by Crippen LogP contribution is 2.18. The van der Waals surface area contributed by atoms with E-state index in [1.807, 2.05) is 66.9 Å². The lowest BCUT2D eigenvalue weighted by molar-refractivity contribution is 0.101. The van der Waals surface area contributed by atoms with E-state index in [0.717, 1.165) is 24.0 Å². The second-order valence-electron chi connectivity index (χ2n) is 5.79. The minimum absolute atomic E-state index is 0.369. The van der Waals surface area contributed by atoms with Gasteiger partial charge in [0.2, 0.25) is 6.10 Å². The maximum absolute atomic E-state index is 5.71. The van der Waals surface area contributed by atoms with Gasteiger partial charge in [0.25, 0.3) is 0 Å². The highest BCUT2D eigenvalue weighted by Gasteiger charge is 2.09. The van der Waals surface area contributed by atoms with Crippen LogP contribution in [0.5, 0.6) is 0 Å². The summed E-state index contributed by atoms with van der Waals surface area (Å²) in [6.07, 6.45) is 8.42. The van der Waals surface area contributed by atoms with E-state index in [-0.39, 0.29) is 6.10 Å². The lowest BCUT2D eigenvalue weighted by Gasteiger charge is -2.10. The Morgan fingerprint density at radius 1 is 0.958 bits per heavy atom. The highest BCUT2D eigenvalue weighted by molar-refractivity contribution is 5.78. The molecule has 1 aliphatic carbocycles. The summed E-state index contributed by atoms with van der Waals surface area (Å²) in [4.78, 5) is 5.71. The van der Waals surface area contributed by atoms with Crippen LogP contribution in [0.15, 0.2) is 77.5 Å². The van der Waals surface area contributed by atoms with E-state index in [0.29, 0.717) is 0 Å². The Morgan fingerprint density at radius 2 is 1.71 bits per heavy atom. The van der Waals surface area contributed by atoms with Crippen molar-refractivity contribution in [2.24, 2.45) is 5.16 Å². The van der Waals surface area contributed by atoms with Crippen LogP contribution in [0.3, 0.4) is 0 Å². The number of nitrogens with zero attached hydrogens (tertiary/aromatic N) is 1. The molecule has 0 amide bonds. The molecule has 1 aliphatic rings. The fraction of sp³-hybridized carbons (Fsp3) is 0.227. The zero-order valence-electron chi connectivity index (χ0n) is 13.7. The Morgan fingerprint density at radius 3 is 2.42 bits per heavy atom. The van der Waals surface area contributed by atoms with Crippen LogP contribution in [0.25, 0.3) is 0 Å². The van der Waals surface area contributed by atoms with E-state index in [1.165, 1.54) is 18.4 Å². The van der Waals surface area contributed by atoms with Crippen LogP contribution in [-0.2, 0) is 4.84 Å². The van der Waals surface area contributed by atoms with E-state index in [9.17, 15) is 0 Å². The van der Waals surface area contributed by atoms with Gasteiger partial charge in [-0.1, -0.05) is 65.7 Å². The molecule has 0 aromatic heterocycles. The summed E-state index contributed by atoms with van der Waals surface area (Å²) in [5, 5.41) is 4.19. The van der Waals surface area contributed by atoms with Gasteiger partial charge in [-0.05, 0) is 49.3 Å². The van der Waals surface area contributed by atoms with Crippen molar-refractivity contribution in [2.45, 2.75) is 31.8 Å². The molecule has 0 saturated heterocycles. The van der Waals surface area contributed by atoms with Crippen molar-refractivity contribution in [3.05, 3.63) is 83.4 Å². The van der Waals surface area contributed by atoms with Crippen LogP contribution in [-0.4, -0.2) is 6.21 Å². The maximum atomic E-state index is 5.71. The highest BCUT2D eigenvalue weighted by atomic mass is 16.6. The number of hydrogen-bond acceptors (Lipinski definition) is 2. The molecule has 0 heterocycles. The number of benzene rings is 2. The van der Waals surface area contributed by atoms with Gasteiger partial charge in [0.05, 0.1) is 6.21 Å². The Balaban J connectivity index is 1.74. The van der Waals surface area contributed by atoms with Crippen LogP contribution < -0.4 is 0 Å². The molecule has 0 radical (unpaired) electrons. The van der Waals surface area contributed by atoms with Gasteiger partial charge in [-0.2, -0.15) is 0 Å². The Bertz CT molecular complexity index is 751. The standard InChI is InChI=1S/C22H21NO/c1-4-10-19(11-5-1)16-17-22(21-14-8-3-9-15-21)24-23-18-20-12-6-2-7-13-20/h1,3-5,8-12,14-15,18,22H,2,6-7,13H2/b23-18+.